The van der Waals surface area contributed by atoms with Crippen molar-refractivity contribution >= 4 is 5.97 Å². The topological polar surface area (TPSA) is 46.5 Å². The summed E-state index contributed by atoms with van der Waals surface area (Å²) in [6.07, 6.45) is 18.7. The first-order valence-electron chi connectivity index (χ1n) is 11.0. The molecular weight excluding hydrogens is 312 g/mol. The molecule has 0 aliphatic heterocycles. The van der Waals surface area contributed by atoms with Gasteiger partial charge < -0.3 is 9.84 Å². The molecule has 3 heteroatoms. The van der Waals surface area contributed by atoms with Crippen LogP contribution in [0.15, 0.2) is 0 Å². The SMILES string of the molecule is CCCCCCCCOC(=O)CCCCC(O)CCCCCCCC. The van der Waals surface area contributed by atoms with Crippen LogP contribution in [0.4, 0.5) is 0 Å². The van der Waals surface area contributed by atoms with E-state index in [9.17, 15) is 9.90 Å². The average molecular weight is 357 g/mol. The Morgan fingerprint density at radius 1 is 0.720 bits per heavy atom. The first kappa shape index (κ1) is 24.4. The van der Waals surface area contributed by atoms with Gasteiger partial charge in [-0.1, -0.05) is 90.9 Å². The van der Waals surface area contributed by atoms with Crippen LogP contribution in [0.25, 0.3) is 0 Å². The lowest BCUT2D eigenvalue weighted by Gasteiger charge is -2.10. The molecule has 0 spiro atoms. The van der Waals surface area contributed by atoms with Gasteiger partial charge >= 0.3 is 5.97 Å². The molecule has 0 aromatic heterocycles. The van der Waals surface area contributed by atoms with Gasteiger partial charge in [0.1, 0.15) is 0 Å². The Hall–Kier alpha value is -0.570. The van der Waals surface area contributed by atoms with E-state index < -0.39 is 0 Å². The number of unbranched alkanes of at least 4 members (excludes halogenated alkanes) is 11. The summed E-state index contributed by atoms with van der Waals surface area (Å²) in [6.45, 7) is 5.02. The van der Waals surface area contributed by atoms with Gasteiger partial charge in [-0.3, -0.25) is 4.79 Å². The van der Waals surface area contributed by atoms with Crippen molar-refractivity contribution < 1.29 is 14.6 Å². The second-order valence-corrected chi connectivity index (χ2v) is 7.44. The zero-order valence-corrected chi connectivity index (χ0v) is 17.1. The first-order valence-corrected chi connectivity index (χ1v) is 11.0. The van der Waals surface area contributed by atoms with Crippen molar-refractivity contribution in [2.45, 2.75) is 129 Å². The third kappa shape index (κ3) is 19.6. The quantitative estimate of drug-likeness (QED) is 0.210. The average Bonchev–Trinajstić information content (AvgIpc) is 2.61. The van der Waals surface area contributed by atoms with E-state index in [0.717, 1.165) is 44.9 Å². The number of carbonyl (C=O) groups excluding carboxylic acids is 1. The van der Waals surface area contributed by atoms with Gasteiger partial charge in [0.05, 0.1) is 12.7 Å². The van der Waals surface area contributed by atoms with Crippen molar-refractivity contribution in [3.8, 4) is 0 Å². The van der Waals surface area contributed by atoms with Crippen LogP contribution in [0.1, 0.15) is 123 Å². The van der Waals surface area contributed by atoms with E-state index in [1.54, 1.807) is 0 Å². The highest BCUT2D eigenvalue weighted by atomic mass is 16.5. The second kappa shape index (κ2) is 19.8. The molecule has 0 fully saturated rings. The molecule has 0 rings (SSSR count). The molecule has 1 atom stereocenters. The lowest BCUT2D eigenvalue weighted by atomic mass is 10.0. The Bertz CT molecular complexity index is 278. The van der Waals surface area contributed by atoms with Gasteiger partial charge in [-0.05, 0) is 25.7 Å². The maximum atomic E-state index is 11.6. The third-order valence-electron chi connectivity index (χ3n) is 4.82. The number of ether oxygens (including phenoxy) is 1. The fourth-order valence-electron chi connectivity index (χ4n) is 3.09. The van der Waals surface area contributed by atoms with Gasteiger partial charge in [-0.2, -0.15) is 0 Å². The van der Waals surface area contributed by atoms with Crippen molar-refractivity contribution in [1.29, 1.82) is 0 Å². The molecular formula is C22H44O3. The summed E-state index contributed by atoms with van der Waals surface area (Å²) in [5.41, 5.74) is 0. The molecule has 0 radical (unpaired) electrons. The minimum Gasteiger partial charge on any atom is -0.466 e. The third-order valence-corrected chi connectivity index (χ3v) is 4.82. The number of hydrogen-bond donors (Lipinski definition) is 1. The van der Waals surface area contributed by atoms with Crippen LogP contribution in [0.2, 0.25) is 0 Å². The van der Waals surface area contributed by atoms with Gasteiger partial charge in [0, 0.05) is 6.42 Å². The summed E-state index contributed by atoms with van der Waals surface area (Å²) >= 11 is 0. The van der Waals surface area contributed by atoms with Crippen molar-refractivity contribution in [1.82, 2.24) is 0 Å². The number of esters is 1. The standard InChI is InChI=1S/C22H44O3/c1-3-5-7-9-11-13-17-21(23)18-14-15-19-22(24)25-20-16-12-10-8-6-4-2/h21,23H,3-20H2,1-2H3. The second-order valence-electron chi connectivity index (χ2n) is 7.44. The Morgan fingerprint density at radius 2 is 1.20 bits per heavy atom. The normalized spacial score (nSPS) is 12.3. The van der Waals surface area contributed by atoms with E-state index in [1.807, 2.05) is 0 Å². The van der Waals surface area contributed by atoms with Gasteiger partial charge in [0.25, 0.3) is 0 Å². The highest BCUT2D eigenvalue weighted by molar-refractivity contribution is 5.69. The minimum atomic E-state index is -0.190. The number of rotatable bonds is 19. The van der Waals surface area contributed by atoms with Crippen LogP contribution in [0.3, 0.4) is 0 Å². The largest absolute Gasteiger partial charge is 0.466 e. The van der Waals surface area contributed by atoms with E-state index in [4.69, 9.17) is 4.74 Å². The number of aliphatic hydroxyl groups is 1. The lowest BCUT2D eigenvalue weighted by molar-refractivity contribution is -0.143. The van der Waals surface area contributed by atoms with Crippen LogP contribution >= 0.6 is 0 Å². The van der Waals surface area contributed by atoms with Crippen molar-refractivity contribution in [3.05, 3.63) is 0 Å². The molecule has 0 aliphatic carbocycles. The van der Waals surface area contributed by atoms with E-state index in [1.165, 1.54) is 57.8 Å². The summed E-state index contributed by atoms with van der Waals surface area (Å²) in [5, 5.41) is 9.96. The molecule has 0 aromatic rings. The number of hydrogen-bond acceptors (Lipinski definition) is 3. The van der Waals surface area contributed by atoms with E-state index in [2.05, 4.69) is 13.8 Å². The van der Waals surface area contributed by atoms with Gasteiger partial charge in [0.15, 0.2) is 0 Å². The maximum Gasteiger partial charge on any atom is 0.305 e. The lowest BCUT2D eigenvalue weighted by Crippen LogP contribution is -2.08. The van der Waals surface area contributed by atoms with Crippen molar-refractivity contribution in [2.24, 2.45) is 0 Å². The predicted octanol–water partition coefficient (Wildman–Crippen LogP) is 6.56. The molecule has 0 aromatic carbocycles. The first-order chi connectivity index (χ1) is 12.2. The van der Waals surface area contributed by atoms with Gasteiger partial charge in [0.2, 0.25) is 0 Å². The Labute approximate surface area is 156 Å². The van der Waals surface area contributed by atoms with E-state index >= 15 is 0 Å². The van der Waals surface area contributed by atoms with Crippen molar-refractivity contribution in [3.63, 3.8) is 0 Å². The van der Waals surface area contributed by atoms with Gasteiger partial charge in [-0.25, -0.2) is 0 Å². The van der Waals surface area contributed by atoms with Crippen LogP contribution in [-0.4, -0.2) is 23.8 Å². The molecule has 0 bridgehead atoms. The zero-order chi connectivity index (χ0) is 18.6. The van der Waals surface area contributed by atoms with E-state index in [-0.39, 0.29) is 12.1 Å². The maximum absolute atomic E-state index is 11.6. The highest BCUT2D eigenvalue weighted by Crippen LogP contribution is 2.13. The molecule has 0 amide bonds. The molecule has 0 aliphatic rings. The Kier molecular flexibility index (Phi) is 19.3. The summed E-state index contributed by atoms with van der Waals surface area (Å²) in [5.74, 6) is -0.0704. The van der Waals surface area contributed by atoms with Crippen LogP contribution < -0.4 is 0 Å². The molecule has 1 unspecified atom stereocenters. The fourth-order valence-corrected chi connectivity index (χ4v) is 3.09. The zero-order valence-electron chi connectivity index (χ0n) is 17.1. The Balaban J connectivity index is 3.30. The van der Waals surface area contributed by atoms with Crippen molar-refractivity contribution in [2.75, 3.05) is 6.61 Å². The molecule has 0 saturated heterocycles. The van der Waals surface area contributed by atoms with Crippen LogP contribution in [-0.2, 0) is 9.53 Å². The summed E-state index contributed by atoms with van der Waals surface area (Å²) in [7, 11) is 0. The molecule has 150 valence electrons. The minimum absolute atomic E-state index is 0.0704. The molecule has 0 saturated carbocycles. The molecule has 25 heavy (non-hydrogen) atoms. The fraction of sp³-hybridized carbons (Fsp3) is 0.955. The molecule has 0 heterocycles. The van der Waals surface area contributed by atoms with Crippen LogP contribution in [0.5, 0.6) is 0 Å². The predicted molar refractivity (Wildman–Crippen MR) is 107 cm³/mol. The van der Waals surface area contributed by atoms with Crippen LogP contribution in [0, 0.1) is 0 Å². The number of carbonyl (C=O) groups is 1. The van der Waals surface area contributed by atoms with E-state index in [0.29, 0.717) is 13.0 Å². The summed E-state index contributed by atoms with van der Waals surface area (Å²) in [4.78, 5) is 11.6. The highest BCUT2D eigenvalue weighted by Gasteiger charge is 2.06. The molecule has 1 N–H and O–H groups in total. The smallest absolute Gasteiger partial charge is 0.305 e. The molecule has 3 nitrogen and oxygen atoms in total. The summed E-state index contributed by atoms with van der Waals surface area (Å²) in [6, 6.07) is 0. The monoisotopic (exact) mass is 356 g/mol. The van der Waals surface area contributed by atoms with Gasteiger partial charge in [-0.15, -0.1) is 0 Å². The number of aliphatic hydroxyl groups excluding tert-OH is 1. The Morgan fingerprint density at radius 3 is 1.80 bits per heavy atom. The summed E-state index contributed by atoms with van der Waals surface area (Å²) < 4.78 is 5.27.